The number of nitrogens with zero attached hydrogens (tertiary/aromatic N) is 4. The smallest absolute Gasteiger partial charge is 0.397 e. The molecule has 0 fully saturated rings. The van der Waals surface area contributed by atoms with E-state index >= 15 is 0 Å². The fourth-order valence-corrected chi connectivity index (χ4v) is 4.43. The van der Waals surface area contributed by atoms with Crippen molar-refractivity contribution < 1.29 is 22.7 Å². The zero-order valence-electron chi connectivity index (χ0n) is 16.9. The van der Waals surface area contributed by atoms with Crippen LogP contribution in [-0.4, -0.2) is 45.2 Å². The van der Waals surface area contributed by atoms with Crippen LogP contribution in [0.25, 0.3) is 5.69 Å². The molecule has 7 nitrogen and oxygen atoms in total. The number of ether oxygens (including phenoxy) is 1. The monoisotopic (exact) mass is 451 g/mol. The third-order valence-electron chi connectivity index (χ3n) is 4.86. The Kier molecular flexibility index (Phi) is 5.61. The van der Waals surface area contributed by atoms with E-state index in [1.807, 2.05) is 35.9 Å². The summed E-state index contributed by atoms with van der Waals surface area (Å²) >= 11 is 1.33. The molecule has 0 saturated heterocycles. The Morgan fingerprint density at radius 3 is 2.84 bits per heavy atom. The van der Waals surface area contributed by atoms with Crippen LogP contribution in [-0.2, 0) is 17.8 Å². The van der Waals surface area contributed by atoms with Crippen molar-refractivity contribution in [3.8, 4) is 11.4 Å². The fourth-order valence-electron chi connectivity index (χ4n) is 3.39. The summed E-state index contributed by atoms with van der Waals surface area (Å²) in [4.78, 5) is 22.7. The topological polar surface area (TPSA) is 72.3 Å². The predicted molar refractivity (Wildman–Crippen MR) is 110 cm³/mol. The van der Waals surface area contributed by atoms with Gasteiger partial charge in [0, 0.05) is 35.8 Å². The van der Waals surface area contributed by atoms with Crippen molar-refractivity contribution in [3.05, 3.63) is 47.0 Å². The van der Waals surface area contributed by atoms with Gasteiger partial charge >= 0.3 is 6.18 Å². The first kappa shape index (κ1) is 21.2. The summed E-state index contributed by atoms with van der Waals surface area (Å²) in [5.74, 6) is -0.260. The molecule has 2 aromatic heterocycles. The summed E-state index contributed by atoms with van der Waals surface area (Å²) in [6.45, 7) is 2.28. The van der Waals surface area contributed by atoms with E-state index in [4.69, 9.17) is 4.74 Å². The quantitative estimate of drug-likeness (QED) is 0.629. The average Bonchev–Trinajstić information content (AvgIpc) is 3.31. The van der Waals surface area contributed by atoms with Gasteiger partial charge in [0.25, 0.3) is 0 Å². The highest BCUT2D eigenvalue weighted by molar-refractivity contribution is 7.15. The molecule has 11 heteroatoms. The Labute approximate surface area is 180 Å². The third kappa shape index (κ3) is 4.82. The molecule has 0 spiro atoms. The fraction of sp³-hybridized carbons (Fsp3) is 0.350. The number of rotatable bonds is 5. The van der Waals surface area contributed by atoms with Gasteiger partial charge in [0.05, 0.1) is 37.1 Å². The number of carbonyl (C=O) groups excluding carboxylic acids is 1. The number of thiazole rings is 1. The van der Waals surface area contributed by atoms with Crippen LogP contribution in [0.15, 0.2) is 30.7 Å². The number of halogens is 3. The number of benzene rings is 1. The zero-order valence-corrected chi connectivity index (χ0v) is 17.7. The lowest BCUT2D eigenvalue weighted by atomic mass is 10.1. The van der Waals surface area contributed by atoms with Gasteiger partial charge in [-0.25, -0.2) is 9.97 Å². The average molecular weight is 451 g/mol. The summed E-state index contributed by atoms with van der Waals surface area (Å²) < 4.78 is 44.9. The van der Waals surface area contributed by atoms with Gasteiger partial charge in [-0.2, -0.15) is 13.2 Å². The number of methoxy groups -OCH3 is 1. The maximum absolute atomic E-state index is 12.5. The Balaban J connectivity index is 1.49. The Bertz CT molecular complexity index is 1110. The van der Waals surface area contributed by atoms with Crippen LogP contribution in [0, 0.1) is 6.92 Å². The van der Waals surface area contributed by atoms with Crippen molar-refractivity contribution in [2.45, 2.75) is 32.5 Å². The lowest BCUT2D eigenvalue weighted by Crippen LogP contribution is -2.37. The number of hydrogen-bond donors (Lipinski definition) is 1. The normalized spacial score (nSPS) is 13.8. The van der Waals surface area contributed by atoms with Crippen LogP contribution in [0.5, 0.6) is 5.75 Å². The zero-order chi connectivity index (χ0) is 22.2. The van der Waals surface area contributed by atoms with Crippen LogP contribution in [0.1, 0.15) is 22.7 Å². The molecule has 1 aliphatic rings. The number of imidazole rings is 1. The van der Waals surface area contributed by atoms with E-state index in [1.165, 1.54) is 16.2 Å². The van der Waals surface area contributed by atoms with Gasteiger partial charge < -0.3 is 19.5 Å². The van der Waals surface area contributed by atoms with Gasteiger partial charge in [-0.15, -0.1) is 0 Å². The Morgan fingerprint density at radius 2 is 2.16 bits per heavy atom. The molecule has 4 rings (SSSR count). The lowest BCUT2D eigenvalue weighted by molar-refractivity contribution is -0.162. The van der Waals surface area contributed by atoms with Crippen molar-refractivity contribution in [1.82, 2.24) is 19.4 Å². The molecule has 164 valence electrons. The highest BCUT2D eigenvalue weighted by atomic mass is 32.1. The number of amides is 1. The predicted octanol–water partition coefficient (Wildman–Crippen LogP) is 4.23. The number of carbonyl (C=O) groups is 1. The van der Waals surface area contributed by atoms with Crippen molar-refractivity contribution in [3.63, 3.8) is 0 Å². The lowest BCUT2D eigenvalue weighted by Gasteiger charge is -2.26. The van der Waals surface area contributed by atoms with Gasteiger partial charge in [-0.1, -0.05) is 11.3 Å². The highest BCUT2D eigenvalue weighted by Gasteiger charge is 2.35. The molecular formula is C20H20F3N5O2S. The first-order valence-electron chi connectivity index (χ1n) is 9.51. The van der Waals surface area contributed by atoms with E-state index in [0.29, 0.717) is 17.3 Å². The minimum atomic E-state index is -4.50. The number of alkyl halides is 3. The van der Waals surface area contributed by atoms with Crippen molar-refractivity contribution >= 4 is 28.1 Å². The van der Waals surface area contributed by atoms with Crippen molar-refractivity contribution in [2.24, 2.45) is 0 Å². The van der Waals surface area contributed by atoms with E-state index < -0.39 is 18.5 Å². The molecule has 1 amide bonds. The second kappa shape index (κ2) is 8.22. The molecule has 0 aliphatic carbocycles. The van der Waals surface area contributed by atoms with Crippen molar-refractivity contribution in [2.75, 3.05) is 19.0 Å². The third-order valence-corrected chi connectivity index (χ3v) is 5.85. The second-order valence-electron chi connectivity index (χ2n) is 7.18. The molecule has 0 unspecified atom stereocenters. The summed E-state index contributed by atoms with van der Waals surface area (Å²) in [6.07, 6.45) is -1.90. The molecule has 1 aromatic carbocycles. The molecule has 3 aromatic rings. The van der Waals surface area contributed by atoms with Gasteiger partial charge in [-0.3, -0.25) is 4.79 Å². The number of fused-ring (bicyclic) bond motifs is 1. The molecule has 0 bridgehead atoms. The van der Waals surface area contributed by atoms with Gasteiger partial charge in [0.2, 0.25) is 5.91 Å². The largest absolute Gasteiger partial charge is 0.494 e. The van der Waals surface area contributed by atoms with Crippen LogP contribution in [0.2, 0.25) is 0 Å². The number of anilines is 2. The minimum absolute atomic E-state index is 0.145. The summed E-state index contributed by atoms with van der Waals surface area (Å²) in [6, 6.07) is 5.62. The molecular weight excluding hydrogens is 431 g/mol. The standard InChI is InChI=1S/C20H20F3N5O2S/c1-12-9-28(11-24-12)15-4-3-13(7-16(15)30-2)25-19-26-14-5-6-27(10-17(14)31-19)18(29)8-20(21,22)23/h3-4,7,9,11H,5-6,8,10H2,1-2H3,(H,25,26). The number of aryl methyl sites for hydroxylation is 1. The maximum atomic E-state index is 12.5. The number of nitrogens with one attached hydrogen (secondary N) is 1. The molecule has 0 saturated carbocycles. The summed E-state index contributed by atoms with van der Waals surface area (Å²) in [5.41, 5.74) is 3.29. The molecule has 0 atom stereocenters. The van der Waals surface area contributed by atoms with E-state index in [2.05, 4.69) is 15.3 Å². The molecule has 0 radical (unpaired) electrons. The van der Waals surface area contributed by atoms with E-state index in [0.717, 1.165) is 27.6 Å². The molecule has 1 aliphatic heterocycles. The SMILES string of the molecule is COc1cc(Nc2nc3c(s2)CN(C(=O)CC(F)(F)F)CC3)ccc1-n1cnc(C)c1. The van der Waals surface area contributed by atoms with E-state index in [1.54, 1.807) is 13.4 Å². The Hall–Kier alpha value is -3.08. The molecule has 1 N–H and O–H groups in total. The Morgan fingerprint density at radius 1 is 1.35 bits per heavy atom. The summed E-state index contributed by atoms with van der Waals surface area (Å²) in [5, 5.41) is 3.84. The molecule has 31 heavy (non-hydrogen) atoms. The number of aromatic nitrogens is 3. The van der Waals surface area contributed by atoms with Crippen LogP contribution in [0.3, 0.4) is 0 Å². The minimum Gasteiger partial charge on any atom is -0.494 e. The van der Waals surface area contributed by atoms with E-state index in [-0.39, 0.29) is 13.1 Å². The summed E-state index contributed by atoms with van der Waals surface area (Å²) in [7, 11) is 1.58. The van der Waals surface area contributed by atoms with Gasteiger partial charge in [0.1, 0.15) is 12.2 Å². The molecule has 3 heterocycles. The first-order chi connectivity index (χ1) is 14.7. The second-order valence-corrected chi connectivity index (χ2v) is 8.26. The number of hydrogen-bond acceptors (Lipinski definition) is 6. The van der Waals surface area contributed by atoms with Crippen molar-refractivity contribution in [1.29, 1.82) is 0 Å². The highest BCUT2D eigenvalue weighted by Crippen LogP contribution is 2.33. The van der Waals surface area contributed by atoms with Crippen LogP contribution < -0.4 is 10.1 Å². The maximum Gasteiger partial charge on any atom is 0.397 e. The first-order valence-corrected chi connectivity index (χ1v) is 10.3. The van der Waals surface area contributed by atoms with Gasteiger partial charge in [-0.05, 0) is 19.1 Å². The van der Waals surface area contributed by atoms with Crippen LogP contribution in [0.4, 0.5) is 24.0 Å². The van der Waals surface area contributed by atoms with E-state index in [9.17, 15) is 18.0 Å². The van der Waals surface area contributed by atoms with Crippen LogP contribution >= 0.6 is 11.3 Å². The van der Waals surface area contributed by atoms with Gasteiger partial charge in [0.15, 0.2) is 5.13 Å².